The number of rotatable bonds is 3. The van der Waals surface area contributed by atoms with E-state index in [1.165, 1.54) is 30.6 Å². The Morgan fingerprint density at radius 1 is 1.39 bits per heavy atom. The van der Waals surface area contributed by atoms with E-state index in [0.717, 1.165) is 8.66 Å². The van der Waals surface area contributed by atoms with Crippen molar-refractivity contribution in [3.8, 4) is 5.75 Å². The smallest absolute Gasteiger partial charge is 0.194 e. The maximum absolute atomic E-state index is 13.5. The molecule has 2 rings (SSSR count). The van der Waals surface area contributed by atoms with Crippen molar-refractivity contribution < 1.29 is 13.9 Å². The third kappa shape index (κ3) is 2.47. The highest BCUT2D eigenvalue weighted by Crippen LogP contribution is 2.29. The van der Waals surface area contributed by atoms with Crippen LogP contribution in [0.15, 0.2) is 28.1 Å². The van der Waals surface area contributed by atoms with Gasteiger partial charge in [-0.25, -0.2) is 4.39 Å². The van der Waals surface area contributed by atoms with Crippen LogP contribution in [0.3, 0.4) is 0 Å². The lowest BCUT2D eigenvalue weighted by Gasteiger charge is -2.04. The Morgan fingerprint density at radius 2 is 2.11 bits per heavy atom. The van der Waals surface area contributed by atoms with Crippen LogP contribution in [0.25, 0.3) is 0 Å². The zero-order chi connectivity index (χ0) is 13.3. The molecule has 2 aromatic rings. The van der Waals surface area contributed by atoms with E-state index >= 15 is 0 Å². The zero-order valence-corrected chi connectivity index (χ0v) is 12.2. The van der Waals surface area contributed by atoms with E-state index in [-0.39, 0.29) is 11.5 Å². The Balaban J connectivity index is 2.40. The summed E-state index contributed by atoms with van der Waals surface area (Å²) in [6, 6.07) is 5.98. The molecular formula is C13H10BrFO2S. The van der Waals surface area contributed by atoms with Gasteiger partial charge >= 0.3 is 0 Å². The predicted octanol–water partition coefficient (Wildman–Crippen LogP) is 4.20. The lowest BCUT2D eigenvalue weighted by molar-refractivity contribution is 0.103. The molecule has 0 radical (unpaired) electrons. The summed E-state index contributed by atoms with van der Waals surface area (Å²) in [5.74, 6) is -0.582. The van der Waals surface area contributed by atoms with Gasteiger partial charge in [0, 0.05) is 16.0 Å². The molecule has 0 unspecified atom stereocenters. The summed E-state index contributed by atoms with van der Waals surface area (Å²) in [7, 11) is 1.39. The Bertz CT molecular complexity index is 607. The van der Waals surface area contributed by atoms with Gasteiger partial charge in [0.1, 0.15) is 0 Å². The highest BCUT2D eigenvalue weighted by Gasteiger charge is 2.16. The van der Waals surface area contributed by atoms with E-state index in [0.29, 0.717) is 11.1 Å². The van der Waals surface area contributed by atoms with Gasteiger partial charge in [-0.05, 0) is 47.1 Å². The van der Waals surface area contributed by atoms with Gasteiger partial charge in [0.2, 0.25) is 0 Å². The minimum Gasteiger partial charge on any atom is -0.494 e. The molecule has 0 aliphatic heterocycles. The predicted molar refractivity (Wildman–Crippen MR) is 73.1 cm³/mol. The number of hydrogen-bond acceptors (Lipinski definition) is 3. The first-order valence-electron chi connectivity index (χ1n) is 5.17. The Morgan fingerprint density at radius 3 is 2.61 bits per heavy atom. The molecule has 94 valence electrons. The van der Waals surface area contributed by atoms with Crippen molar-refractivity contribution in [3.63, 3.8) is 0 Å². The molecule has 1 heterocycles. The quantitative estimate of drug-likeness (QED) is 0.789. The van der Waals surface area contributed by atoms with Crippen LogP contribution in [0.2, 0.25) is 0 Å². The van der Waals surface area contributed by atoms with Crippen LogP contribution in [0, 0.1) is 12.7 Å². The van der Waals surface area contributed by atoms with Crippen LogP contribution in [0.4, 0.5) is 4.39 Å². The molecule has 0 bridgehead atoms. The average Bonchev–Trinajstić information content (AvgIpc) is 2.67. The fraction of sp³-hybridized carbons (Fsp3) is 0.154. The Hall–Kier alpha value is -1.20. The molecule has 0 spiro atoms. The maximum Gasteiger partial charge on any atom is 0.194 e. The zero-order valence-electron chi connectivity index (χ0n) is 9.79. The largest absolute Gasteiger partial charge is 0.494 e. The summed E-state index contributed by atoms with van der Waals surface area (Å²) in [5, 5.41) is 0. The van der Waals surface area contributed by atoms with E-state index in [2.05, 4.69) is 15.9 Å². The number of methoxy groups -OCH3 is 1. The topological polar surface area (TPSA) is 26.3 Å². The number of carbonyl (C=O) groups excluding carboxylic acids is 1. The fourth-order valence-electron chi connectivity index (χ4n) is 1.63. The van der Waals surface area contributed by atoms with Crippen LogP contribution in [0.5, 0.6) is 5.75 Å². The van der Waals surface area contributed by atoms with Gasteiger partial charge in [-0.2, -0.15) is 0 Å². The van der Waals surface area contributed by atoms with Gasteiger partial charge in [-0.3, -0.25) is 4.79 Å². The molecule has 1 aromatic carbocycles. The lowest BCUT2D eigenvalue weighted by Crippen LogP contribution is -2.02. The number of thiophene rings is 1. The summed E-state index contributed by atoms with van der Waals surface area (Å²) in [5.41, 5.74) is 0.915. The summed E-state index contributed by atoms with van der Waals surface area (Å²) >= 11 is 4.81. The van der Waals surface area contributed by atoms with Crippen LogP contribution in [0.1, 0.15) is 20.8 Å². The van der Waals surface area contributed by atoms with Crippen molar-refractivity contribution in [3.05, 3.63) is 49.9 Å². The molecule has 0 amide bonds. The highest BCUT2D eigenvalue weighted by molar-refractivity contribution is 9.11. The molecule has 0 fully saturated rings. The van der Waals surface area contributed by atoms with Crippen LogP contribution in [-0.2, 0) is 0 Å². The Kier molecular flexibility index (Phi) is 3.82. The van der Waals surface area contributed by atoms with Crippen molar-refractivity contribution in [1.29, 1.82) is 0 Å². The number of aryl methyl sites for hydroxylation is 1. The van der Waals surface area contributed by atoms with E-state index in [9.17, 15) is 9.18 Å². The van der Waals surface area contributed by atoms with E-state index < -0.39 is 5.82 Å². The SMILES string of the molecule is COc1ccc(C(=O)c2cc(Br)sc2C)cc1F. The number of hydrogen-bond donors (Lipinski definition) is 0. The third-order valence-corrected chi connectivity index (χ3v) is 4.10. The number of benzene rings is 1. The van der Waals surface area contributed by atoms with Crippen LogP contribution < -0.4 is 4.74 Å². The van der Waals surface area contributed by atoms with Gasteiger partial charge in [0.05, 0.1) is 10.9 Å². The van der Waals surface area contributed by atoms with Gasteiger partial charge in [0.25, 0.3) is 0 Å². The molecule has 0 atom stereocenters. The summed E-state index contributed by atoms with van der Waals surface area (Å²) in [6.07, 6.45) is 0. The maximum atomic E-state index is 13.5. The number of carbonyl (C=O) groups is 1. The molecule has 0 N–H and O–H groups in total. The van der Waals surface area contributed by atoms with E-state index in [4.69, 9.17) is 4.74 Å². The monoisotopic (exact) mass is 328 g/mol. The standard InChI is InChI=1S/C13H10BrFO2S/c1-7-9(6-12(14)18-7)13(16)8-3-4-11(17-2)10(15)5-8/h3-6H,1-2H3. The van der Waals surface area contributed by atoms with E-state index in [1.54, 1.807) is 12.1 Å². The second kappa shape index (κ2) is 5.20. The summed E-state index contributed by atoms with van der Waals surface area (Å²) in [4.78, 5) is 13.1. The van der Waals surface area contributed by atoms with Crippen molar-refractivity contribution >= 4 is 33.0 Å². The average molecular weight is 329 g/mol. The van der Waals surface area contributed by atoms with Crippen molar-refractivity contribution in [2.24, 2.45) is 0 Å². The van der Waals surface area contributed by atoms with Crippen LogP contribution >= 0.6 is 27.3 Å². The third-order valence-electron chi connectivity index (χ3n) is 2.55. The molecule has 0 aliphatic carbocycles. The molecule has 0 saturated heterocycles. The normalized spacial score (nSPS) is 10.4. The molecule has 0 saturated carbocycles. The van der Waals surface area contributed by atoms with Gasteiger partial charge in [-0.15, -0.1) is 11.3 Å². The fourth-order valence-corrected chi connectivity index (χ4v) is 3.32. The molecule has 18 heavy (non-hydrogen) atoms. The minimum atomic E-state index is -0.532. The lowest BCUT2D eigenvalue weighted by atomic mass is 10.0. The molecule has 1 aromatic heterocycles. The summed E-state index contributed by atoms with van der Waals surface area (Å²) in [6.45, 7) is 1.86. The summed E-state index contributed by atoms with van der Waals surface area (Å²) < 4.78 is 19.3. The number of halogens is 2. The van der Waals surface area contributed by atoms with Gasteiger partial charge in [0.15, 0.2) is 17.3 Å². The van der Waals surface area contributed by atoms with Crippen molar-refractivity contribution in [2.45, 2.75) is 6.92 Å². The van der Waals surface area contributed by atoms with Crippen LogP contribution in [-0.4, -0.2) is 12.9 Å². The molecule has 5 heteroatoms. The van der Waals surface area contributed by atoms with Crippen molar-refractivity contribution in [2.75, 3.05) is 7.11 Å². The highest BCUT2D eigenvalue weighted by atomic mass is 79.9. The first-order valence-corrected chi connectivity index (χ1v) is 6.78. The molecular weight excluding hydrogens is 319 g/mol. The van der Waals surface area contributed by atoms with E-state index in [1.807, 2.05) is 6.92 Å². The second-order valence-corrected chi connectivity index (χ2v) is 6.33. The number of ether oxygens (including phenoxy) is 1. The van der Waals surface area contributed by atoms with Crippen molar-refractivity contribution in [1.82, 2.24) is 0 Å². The van der Waals surface area contributed by atoms with Gasteiger partial charge in [-0.1, -0.05) is 0 Å². The number of ketones is 1. The van der Waals surface area contributed by atoms with Gasteiger partial charge < -0.3 is 4.74 Å². The molecule has 0 aliphatic rings. The Labute approximate surface area is 117 Å². The minimum absolute atomic E-state index is 0.134. The molecule has 2 nitrogen and oxygen atoms in total. The second-order valence-electron chi connectivity index (χ2n) is 3.70. The first-order chi connectivity index (χ1) is 8.52. The first kappa shape index (κ1) is 13.2.